The molecule has 7 nitrogen and oxygen atoms in total. The van der Waals surface area contributed by atoms with E-state index in [4.69, 9.17) is 11.6 Å². The first-order valence-electron chi connectivity index (χ1n) is 10.8. The van der Waals surface area contributed by atoms with Gasteiger partial charge >= 0.3 is 0 Å². The van der Waals surface area contributed by atoms with Crippen molar-refractivity contribution in [2.75, 3.05) is 0 Å². The minimum atomic E-state index is -0.606. The summed E-state index contributed by atoms with van der Waals surface area (Å²) in [4.78, 5) is 16.9. The fourth-order valence-corrected chi connectivity index (χ4v) is 4.13. The maximum Gasteiger partial charge on any atom is 0.244 e. The summed E-state index contributed by atoms with van der Waals surface area (Å²) in [6.07, 6.45) is 4.49. The van der Waals surface area contributed by atoms with Crippen LogP contribution in [0.4, 0.5) is 0 Å². The molecule has 0 aliphatic rings. The van der Waals surface area contributed by atoms with Gasteiger partial charge in [0.1, 0.15) is 0 Å². The summed E-state index contributed by atoms with van der Waals surface area (Å²) in [5, 5.41) is 34.1. The second-order valence-corrected chi connectivity index (χ2v) is 8.42. The largest absolute Gasteiger partial charge is 0.504 e. The molecule has 0 atom stereocenters. The second-order valence-electron chi connectivity index (χ2n) is 7.98. The molecular weight excluding hydrogens is 466 g/mol. The highest BCUT2D eigenvalue weighted by Gasteiger charge is 2.13. The summed E-state index contributed by atoms with van der Waals surface area (Å²) in [7, 11) is 0. The zero-order valence-electron chi connectivity index (χ0n) is 18.3. The van der Waals surface area contributed by atoms with Crippen LogP contribution >= 0.6 is 11.6 Å². The minimum absolute atomic E-state index is 0.214. The Bertz CT molecular complexity index is 1580. The van der Waals surface area contributed by atoms with Gasteiger partial charge in [-0.05, 0) is 60.2 Å². The fourth-order valence-electron chi connectivity index (χ4n) is 4.01. The van der Waals surface area contributed by atoms with Crippen LogP contribution in [0.25, 0.3) is 33.6 Å². The Labute approximate surface area is 205 Å². The van der Waals surface area contributed by atoms with Gasteiger partial charge in [-0.1, -0.05) is 29.8 Å². The van der Waals surface area contributed by atoms with E-state index in [0.717, 1.165) is 27.5 Å². The van der Waals surface area contributed by atoms with E-state index in [-0.39, 0.29) is 12.5 Å². The minimum Gasteiger partial charge on any atom is -0.504 e. The Morgan fingerprint density at radius 3 is 2.40 bits per heavy atom. The van der Waals surface area contributed by atoms with Crippen LogP contribution in [0.3, 0.4) is 0 Å². The van der Waals surface area contributed by atoms with Crippen molar-refractivity contribution in [1.29, 1.82) is 0 Å². The SMILES string of the molecule is O=C(/C=C/c1cc(O)c(O)c(O)c1)NCc1cc2c3ccccc3n(-c3ccc(Cl)cc3)c2cn1. The lowest BCUT2D eigenvalue weighted by Gasteiger charge is -2.08. The molecule has 0 spiro atoms. The zero-order chi connectivity index (χ0) is 24.5. The number of hydrogen-bond donors (Lipinski definition) is 4. The number of aromatic hydroxyl groups is 3. The molecule has 1 amide bonds. The third-order valence-corrected chi connectivity index (χ3v) is 5.92. The number of pyridine rings is 1. The number of aromatic nitrogens is 2. The topological polar surface area (TPSA) is 108 Å². The standard InChI is InChI=1S/C27H20ClN3O4/c28-17-6-8-19(9-7-17)31-22-4-2-1-3-20(22)21-13-18(29-15-23(21)31)14-30-26(34)10-5-16-11-24(32)27(35)25(33)12-16/h1-13,15,32-33,35H,14H2,(H,30,34)/b10-5+. The lowest BCUT2D eigenvalue weighted by molar-refractivity contribution is -0.116. The molecule has 8 heteroatoms. The van der Waals surface area contributed by atoms with Crippen LogP contribution in [-0.2, 0) is 11.3 Å². The van der Waals surface area contributed by atoms with E-state index in [0.29, 0.717) is 16.3 Å². The first-order chi connectivity index (χ1) is 16.9. The van der Waals surface area contributed by atoms with E-state index < -0.39 is 17.2 Å². The number of fused-ring (bicyclic) bond motifs is 3. The molecule has 2 heterocycles. The van der Waals surface area contributed by atoms with Crippen LogP contribution in [-0.4, -0.2) is 30.8 Å². The van der Waals surface area contributed by atoms with Crippen molar-refractivity contribution in [3.05, 3.63) is 95.3 Å². The molecule has 5 rings (SSSR count). The molecule has 0 aliphatic carbocycles. The van der Waals surface area contributed by atoms with Gasteiger partial charge in [-0.2, -0.15) is 0 Å². The van der Waals surface area contributed by atoms with Crippen LogP contribution in [0.15, 0.2) is 79.0 Å². The van der Waals surface area contributed by atoms with Gasteiger partial charge in [0.05, 0.1) is 29.5 Å². The highest BCUT2D eigenvalue weighted by Crippen LogP contribution is 2.36. The number of phenolic OH excluding ortho intramolecular Hbond substituents is 3. The maximum atomic E-state index is 12.3. The fraction of sp³-hybridized carbons (Fsp3) is 0.0370. The van der Waals surface area contributed by atoms with Gasteiger partial charge in [0.25, 0.3) is 0 Å². The van der Waals surface area contributed by atoms with Crippen molar-refractivity contribution in [3.8, 4) is 22.9 Å². The summed E-state index contributed by atoms with van der Waals surface area (Å²) in [6, 6.07) is 20.1. The van der Waals surface area contributed by atoms with Gasteiger partial charge in [-0.15, -0.1) is 0 Å². The number of carbonyl (C=O) groups is 1. The van der Waals surface area contributed by atoms with Crippen molar-refractivity contribution in [2.24, 2.45) is 0 Å². The number of nitrogens with zero attached hydrogens (tertiary/aromatic N) is 2. The van der Waals surface area contributed by atoms with Crippen LogP contribution < -0.4 is 5.32 Å². The van der Waals surface area contributed by atoms with Gasteiger partial charge in [0, 0.05) is 27.6 Å². The maximum absolute atomic E-state index is 12.3. The molecule has 5 aromatic rings. The molecule has 0 fully saturated rings. The Kier molecular flexibility index (Phi) is 5.76. The molecule has 0 radical (unpaired) electrons. The molecule has 0 saturated carbocycles. The van der Waals surface area contributed by atoms with Crippen molar-refractivity contribution in [2.45, 2.75) is 6.54 Å². The molecule has 2 aromatic heterocycles. The summed E-state index contributed by atoms with van der Waals surface area (Å²) in [6.45, 7) is 0.214. The molecule has 0 aliphatic heterocycles. The van der Waals surface area contributed by atoms with Crippen molar-refractivity contribution in [3.63, 3.8) is 0 Å². The number of nitrogens with one attached hydrogen (secondary N) is 1. The number of rotatable bonds is 5. The van der Waals surface area contributed by atoms with Crippen LogP contribution in [0, 0.1) is 0 Å². The van der Waals surface area contributed by atoms with E-state index in [1.54, 1.807) is 6.20 Å². The first kappa shape index (κ1) is 22.3. The summed E-state index contributed by atoms with van der Waals surface area (Å²) >= 11 is 6.07. The molecule has 4 N–H and O–H groups in total. The quantitative estimate of drug-likeness (QED) is 0.200. The number of phenols is 3. The molecule has 0 unspecified atom stereocenters. The van der Waals surface area contributed by atoms with E-state index in [1.807, 2.05) is 42.5 Å². The molecule has 0 bridgehead atoms. The summed E-state index contributed by atoms with van der Waals surface area (Å²) < 4.78 is 2.13. The highest BCUT2D eigenvalue weighted by atomic mass is 35.5. The third kappa shape index (κ3) is 4.37. The van der Waals surface area contributed by atoms with Gasteiger partial charge in [0.2, 0.25) is 5.91 Å². The summed E-state index contributed by atoms with van der Waals surface area (Å²) in [5.74, 6) is -1.92. The van der Waals surface area contributed by atoms with Crippen molar-refractivity contribution in [1.82, 2.24) is 14.9 Å². The number of hydrogen-bond acceptors (Lipinski definition) is 5. The highest BCUT2D eigenvalue weighted by molar-refractivity contribution is 6.30. The van der Waals surface area contributed by atoms with Gasteiger partial charge < -0.3 is 25.2 Å². The van der Waals surface area contributed by atoms with Crippen molar-refractivity contribution < 1.29 is 20.1 Å². The molecule has 3 aromatic carbocycles. The average Bonchev–Trinajstić information content (AvgIpc) is 3.19. The van der Waals surface area contributed by atoms with E-state index >= 15 is 0 Å². The number of benzene rings is 3. The smallest absolute Gasteiger partial charge is 0.244 e. The van der Waals surface area contributed by atoms with E-state index in [1.165, 1.54) is 24.3 Å². The monoisotopic (exact) mass is 485 g/mol. The number of carbonyl (C=O) groups excluding carboxylic acids is 1. The number of para-hydroxylation sites is 1. The second kappa shape index (κ2) is 9.04. The number of amides is 1. The van der Waals surface area contributed by atoms with E-state index in [2.05, 4.69) is 27.0 Å². The Morgan fingerprint density at radius 2 is 1.66 bits per heavy atom. The first-order valence-corrected chi connectivity index (χ1v) is 11.1. The Morgan fingerprint density at radius 1 is 0.943 bits per heavy atom. The summed E-state index contributed by atoms with van der Waals surface area (Å²) in [5.41, 5.74) is 4.01. The Balaban J connectivity index is 1.40. The molecular formula is C27H20ClN3O4. The normalized spacial score (nSPS) is 11.5. The van der Waals surface area contributed by atoms with Crippen molar-refractivity contribution >= 4 is 45.4 Å². The lowest BCUT2D eigenvalue weighted by Crippen LogP contribution is -2.20. The van der Waals surface area contributed by atoms with Gasteiger partial charge in [0.15, 0.2) is 17.2 Å². The predicted octanol–water partition coefficient (Wildman–Crippen LogP) is 5.28. The van der Waals surface area contributed by atoms with Gasteiger partial charge in [-0.3, -0.25) is 9.78 Å². The average molecular weight is 486 g/mol. The molecule has 174 valence electrons. The third-order valence-electron chi connectivity index (χ3n) is 5.66. The number of halogens is 1. The molecule has 35 heavy (non-hydrogen) atoms. The molecule has 0 saturated heterocycles. The lowest BCUT2D eigenvalue weighted by atomic mass is 10.1. The predicted molar refractivity (Wildman–Crippen MR) is 136 cm³/mol. The zero-order valence-corrected chi connectivity index (χ0v) is 19.1. The van der Waals surface area contributed by atoms with E-state index in [9.17, 15) is 20.1 Å². The van der Waals surface area contributed by atoms with Crippen LogP contribution in [0.1, 0.15) is 11.3 Å². The Hall–Kier alpha value is -4.49. The van der Waals surface area contributed by atoms with Crippen LogP contribution in [0.5, 0.6) is 17.2 Å². The van der Waals surface area contributed by atoms with Gasteiger partial charge in [-0.25, -0.2) is 0 Å². The van der Waals surface area contributed by atoms with Crippen LogP contribution in [0.2, 0.25) is 5.02 Å².